The molecule has 1 heterocycles. The van der Waals surface area contributed by atoms with E-state index in [0.717, 1.165) is 16.4 Å². The number of hydrogen-bond donors (Lipinski definition) is 2. The molecule has 4 aromatic rings. The van der Waals surface area contributed by atoms with E-state index < -0.39 is 7.12 Å². The fourth-order valence-electron chi connectivity index (χ4n) is 5.80. The van der Waals surface area contributed by atoms with Crippen LogP contribution in [0.5, 0.6) is 0 Å². The van der Waals surface area contributed by atoms with Crippen LogP contribution in [0.1, 0.15) is 38.8 Å². The van der Waals surface area contributed by atoms with Gasteiger partial charge in [0.1, 0.15) is 11.2 Å². The molecule has 1 aliphatic carbocycles. The second-order valence-corrected chi connectivity index (χ2v) is 8.79. The first kappa shape index (κ1) is 18.5. The van der Waals surface area contributed by atoms with E-state index in [1.807, 2.05) is 12.1 Å². The molecule has 3 aromatic carbocycles. The molecule has 1 aliphatic rings. The molecule has 29 heavy (non-hydrogen) atoms. The van der Waals surface area contributed by atoms with Crippen LogP contribution in [0.25, 0.3) is 33.1 Å². The number of furan rings is 1. The molecule has 0 unspecified atom stereocenters. The van der Waals surface area contributed by atoms with Crippen molar-refractivity contribution in [1.82, 2.24) is 0 Å². The summed E-state index contributed by atoms with van der Waals surface area (Å²) in [6.45, 7) is 9.15. The van der Waals surface area contributed by atoms with Gasteiger partial charge in [-0.1, -0.05) is 76.2 Å². The van der Waals surface area contributed by atoms with Gasteiger partial charge in [-0.15, -0.1) is 0 Å². The van der Waals surface area contributed by atoms with Crippen molar-refractivity contribution in [2.45, 2.75) is 33.1 Å². The molecule has 0 radical (unpaired) electrons. The predicted octanol–water partition coefficient (Wildman–Crippen LogP) is 4.84. The number of para-hydroxylation sites is 1. The smallest absolute Gasteiger partial charge is 0.456 e. The third kappa shape index (κ3) is 2.22. The quantitative estimate of drug-likeness (QED) is 0.497. The van der Waals surface area contributed by atoms with Gasteiger partial charge in [0, 0.05) is 27.2 Å². The van der Waals surface area contributed by atoms with Crippen LogP contribution in [-0.2, 0) is 5.41 Å². The second kappa shape index (κ2) is 6.22. The molecule has 1 aromatic heterocycles. The van der Waals surface area contributed by atoms with E-state index in [0.29, 0.717) is 22.9 Å². The monoisotopic (exact) mass is 384 g/mol. The van der Waals surface area contributed by atoms with E-state index in [-0.39, 0.29) is 5.41 Å². The van der Waals surface area contributed by atoms with Crippen LogP contribution in [0.15, 0.2) is 59.0 Å². The standard InChI is InChI=1S/C25H25BO3/c1-14(2)25(15(3)4)20-10-6-5-8-16(20)17-12-13-19-18-9-7-11-21(26(27)28)23(18)29-24(19)22(17)25/h5-15,27-28H,1-4H3. The summed E-state index contributed by atoms with van der Waals surface area (Å²) in [5, 5.41) is 21.7. The van der Waals surface area contributed by atoms with Gasteiger partial charge in [-0.3, -0.25) is 0 Å². The number of fused-ring (bicyclic) bond motifs is 7. The van der Waals surface area contributed by atoms with E-state index in [2.05, 4.69) is 64.1 Å². The maximum Gasteiger partial charge on any atom is 0.492 e. The molecular formula is C25H25BO3. The molecule has 0 saturated carbocycles. The molecule has 5 rings (SSSR count). The van der Waals surface area contributed by atoms with Crippen LogP contribution in [0.3, 0.4) is 0 Å². The van der Waals surface area contributed by atoms with Crippen LogP contribution in [0.4, 0.5) is 0 Å². The van der Waals surface area contributed by atoms with Gasteiger partial charge in [0.25, 0.3) is 0 Å². The number of hydrogen-bond acceptors (Lipinski definition) is 3. The fraction of sp³-hybridized carbons (Fsp3) is 0.280. The lowest BCUT2D eigenvalue weighted by atomic mass is 9.62. The van der Waals surface area contributed by atoms with Crippen molar-refractivity contribution in [1.29, 1.82) is 0 Å². The minimum atomic E-state index is -1.57. The zero-order valence-electron chi connectivity index (χ0n) is 17.2. The minimum absolute atomic E-state index is 0.169. The molecule has 0 bridgehead atoms. The van der Waals surface area contributed by atoms with Gasteiger partial charge in [-0.25, -0.2) is 0 Å². The maximum atomic E-state index is 9.86. The van der Waals surface area contributed by atoms with Crippen molar-refractivity contribution < 1.29 is 14.5 Å². The average Bonchev–Trinajstić information content (AvgIpc) is 3.21. The fourth-order valence-corrected chi connectivity index (χ4v) is 5.80. The molecule has 0 fully saturated rings. The van der Waals surface area contributed by atoms with Crippen LogP contribution in [0.2, 0.25) is 0 Å². The van der Waals surface area contributed by atoms with Crippen molar-refractivity contribution in [2.75, 3.05) is 0 Å². The Balaban J connectivity index is 1.99. The lowest BCUT2D eigenvalue weighted by Crippen LogP contribution is -2.37. The van der Waals surface area contributed by atoms with Gasteiger partial charge in [-0.05, 0) is 34.6 Å². The van der Waals surface area contributed by atoms with E-state index in [9.17, 15) is 10.0 Å². The molecule has 0 saturated heterocycles. The van der Waals surface area contributed by atoms with Gasteiger partial charge >= 0.3 is 7.12 Å². The first-order valence-electron chi connectivity index (χ1n) is 10.3. The highest BCUT2D eigenvalue weighted by Crippen LogP contribution is 2.58. The highest BCUT2D eigenvalue weighted by molar-refractivity contribution is 6.61. The molecule has 3 nitrogen and oxygen atoms in total. The largest absolute Gasteiger partial charge is 0.492 e. The Morgan fingerprint density at radius 1 is 0.759 bits per heavy atom. The van der Waals surface area contributed by atoms with Crippen molar-refractivity contribution in [3.8, 4) is 11.1 Å². The van der Waals surface area contributed by atoms with Crippen LogP contribution >= 0.6 is 0 Å². The van der Waals surface area contributed by atoms with E-state index in [1.54, 1.807) is 6.07 Å². The molecule has 0 atom stereocenters. The molecular weight excluding hydrogens is 359 g/mol. The van der Waals surface area contributed by atoms with Crippen LogP contribution < -0.4 is 5.46 Å². The summed E-state index contributed by atoms with van der Waals surface area (Å²) in [7, 11) is -1.57. The molecule has 0 amide bonds. The van der Waals surface area contributed by atoms with E-state index >= 15 is 0 Å². The summed E-state index contributed by atoms with van der Waals surface area (Å²) in [6, 6.07) is 18.6. The van der Waals surface area contributed by atoms with Crippen LogP contribution in [-0.4, -0.2) is 17.2 Å². The summed E-state index contributed by atoms with van der Waals surface area (Å²) in [4.78, 5) is 0. The van der Waals surface area contributed by atoms with E-state index in [1.165, 1.54) is 22.3 Å². The Morgan fingerprint density at radius 3 is 2.14 bits per heavy atom. The third-order valence-electron chi connectivity index (χ3n) is 6.87. The maximum absolute atomic E-state index is 9.86. The molecule has 2 N–H and O–H groups in total. The first-order valence-corrected chi connectivity index (χ1v) is 10.3. The van der Waals surface area contributed by atoms with E-state index in [4.69, 9.17) is 4.42 Å². The Bertz CT molecular complexity index is 1240. The average molecular weight is 384 g/mol. The highest BCUT2D eigenvalue weighted by atomic mass is 16.4. The topological polar surface area (TPSA) is 53.6 Å². The first-order chi connectivity index (χ1) is 13.9. The van der Waals surface area contributed by atoms with Crippen molar-refractivity contribution in [2.24, 2.45) is 11.8 Å². The van der Waals surface area contributed by atoms with Crippen LogP contribution in [0, 0.1) is 11.8 Å². The summed E-state index contributed by atoms with van der Waals surface area (Å²) >= 11 is 0. The highest BCUT2D eigenvalue weighted by Gasteiger charge is 2.49. The minimum Gasteiger partial charge on any atom is -0.456 e. The van der Waals surface area contributed by atoms with Gasteiger partial charge in [0.2, 0.25) is 0 Å². The third-order valence-corrected chi connectivity index (χ3v) is 6.87. The second-order valence-electron chi connectivity index (χ2n) is 8.79. The van der Waals surface area contributed by atoms with Crippen molar-refractivity contribution >= 4 is 34.5 Å². The van der Waals surface area contributed by atoms with Gasteiger partial charge < -0.3 is 14.5 Å². The van der Waals surface area contributed by atoms with Gasteiger partial charge in [-0.2, -0.15) is 0 Å². The zero-order valence-corrected chi connectivity index (χ0v) is 17.2. The number of rotatable bonds is 3. The summed E-state index contributed by atoms with van der Waals surface area (Å²) in [5.41, 5.74) is 6.74. The van der Waals surface area contributed by atoms with Crippen molar-refractivity contribution in [3.63, 3.8) is 0 Å². The van der Waals surface area contributed by atoms with Gasteiger partial charge in [0.15, 0.2) is 0 Å². The Hall–Kier alpha value is -2.56. The summed E-state index contributed by atoms with van der Waals surface area (Å²) in [5.74, 6) is 0.734. The van der Waals surface area contributed by atoms with Crippen molar-refractivity contribution in [3.05, 3.63) is 65.7 Å². The molecule has 0 spiro atoms. The number of benzene rings is 3. The molecule has 0 aliphatic heterocycles. The lowest BCUT2D eigenvalue weighted by molar-refractivity contribution is 0.280. The zero-order chi connectivity index (χ0) is 20.5. The Labute approximate surface area is 171 Å². The summed E-state index contributed by atoms with van der Waals surface area (Å²) < 4.78 is 6.45. The predicted molar refractivity (Wildman–Crippen MR) is 119 cm³/mol. The molecule has 4 heteroatoms. The lowest BCUT2D eigenvalue weighted by Gasteiger charge is -2.40. The Morgan fingerprint density at radius 2 is 1.45 bits per heavy atom. The SMILES string of the molecule is CC(C)C1(C(C)C)c2ccccc2-c2ccc3c(oc4c(B(O)O)cccc43)c21. The summed E-state index contributed by atoms with van der Waals surface area (Å²) in [6.07, 6.45) is 0. The molecule has 146 valence electrons. The Kier molecular flexibility index (Phi) is 3.96. The van der Waals surface area contributed by atoms with Gasteiger partial charge in [0.05, 0.1) is 0 Å². The normalized spacial score (nSPS) is 14.8.